The van der Waals surface area contributed by atoms with Crippen molar-refractivity contribution < 1.29 is 9.53 Å². The molecule has 1 aromatic heterocycles. The normalized spacial score (nSPS) is 10.0. The molecule has 0 saturated heterocycles. The van der Waals surface area contributed by atoms with Crippen LogP contribution in [0.1, 0.15) is 24.9 Å². The maximum Gasteiger partial charge on any atom is 0.306 e. The number of carbonyl (C=O) groups excluding carboxylic acids is 1. The van der Waals surface area contributed by atoms with Crippen molar-refractivity contribution in [2.75, 3.05) is 6.61 Å². The third kappa shape index (κ3) is 3.27. The second kappa shape index (κ2) is 4.64. The summed E-state index contributed by atoms with van der Waals surface area (Å²) in [6.07, 6.45) is 2.83. The van der Waals surface area contributed by atoms with Crippen LogP contribution in [-0.4, -0.2) is 22.5 Å². The van der Waals surface area contributed by atoms with Gasteiger partial charge in [0, 0.05) is 12.6 Å². The van der Waals surface area contributed by atoms with E-state index in [4.69, 9.17) is 4.74 Å². The maximum atomic E-state index is 11.0. The lowest BCUT2D eigenvalue weighted by Gasteiger charge is -1.98. The zero-order valence-electron chi connectivity index (χ0n) is 7.96. The SMILES string of the molecule is CCOC(=O)CCc1nc(C)c[nH]1. The number of aromatic nitrogens is 2. The van der Waals surface area contributed by atoms with E-state index in [2.05, 4.69) is 9.97 Å². The Kier molecular flexibility index (Phi) is 3.49. The van der Waals surface area contributed by atoms with Gasteiger partial charge in [-0.1, -0.05) is 0 Å². The van der Waals surface area contributed by atoms with Crippen molar-refractivity contribution in [3.05, 3.63) is 17.7 Å². The number of esters is 1. The molecule has 0 spiro atoms. The fourth-order valence-corrected chi connectivity index (χ4v) is 1.05. The van der Waals surface area contributed by atoms with Gasteiger partial charge in [0.2, 0.25) is 0 Å². The van der Waals surface area contributed by atoms with Crippen LogP contribution in [0.25, 0.3) is 0 Å². The first-order chi connectivity index (χ1) is 6.22. The van der Waals surface area contributed by atoms with E-state index in [0.29, 0.717) is 19.4 Å². The number of hydrogen-bond acceptors (Lipinski definition) is 3. The molecular formula is C9H14N2O2. The summed E-state index contributed by atoms with van der Waals surface area (Å²) < 4.78 is 4.79. The Bertz CT molecular complexity index is 281. The zero-order valence-corrected chi connectivity index (χ0v) is 7.96. The molecule has 72 valence electrons. The third-order valence-electron chi connectivity index (χ3n) is 1.63. The lowest BCUT2D eigenvalue weighted by molar-refractivity contribution is -0.143. The topological polar surface area (TPSA) is 55.0 Å². The highest BCUT2D eigenvalue weighted by Crippen LogP contribution is 1.99. The molecule has 1 N–H and O–H groups in total. The molecule has 0 atom stereocenters. The Balaban J connectivity index is 2.30. The Labute approximate surface area is 77.3 Å². The van der Waals surface area contributed by atoms with Crippen molar-refractivity contribution in [2.45, 2.75) is 26.7 Å². The fraction of sp³-hybridized carbons (Fsp3) is 0.556. The van der Waals surface area contributed by atoms with Gasteiger partial charge >= 0.3 is 5.97 Å². The van der Waals surface area contributed by atoms with Crippen molar-refractivity contribution in [1.82, 2.24) is 9.97 Å². The Morgan fingerprint density at radius 1 is 1.69 bits per heavy atom. The molecular weight excluding hydrogens is 168 g/mol. The first-order valence-corrected chi connectivity index (χ1v) is 4.39. The van der Waals surface area contributed by atoms with Gasteiger partial charge in [0.25, 0.3) is 0 Å². The molecule has 1 rings (SSSR count). The summed E-state index contributed by atoms with van der Waals surface area (Å²) in [4.78, 5) is 18.1. The fourth-order valence-electron chi connectivity index (χ4n) is 1.05. The number of nitrogens with one attached hydrogen (secondary N) is 1. The van der Waals surface area contributed by atoms with Gasteiger partial charge in [-0.2, -0.15) is 0 Å². The first kappa shape index (κ1) is 9.77. The average Bonchev–Trinajstić information content (AvgIpc) is 2.49. The van der Waals surface area contributed by atoms with E-state index in [1.54, 1.807) is 6.92 Å². The lowest BCUT2D eigenvalue weighted by Crippen LogP contribution is -2.05. The minimum atomic E-state index is -0.170. The number of ether oxygens (including phenoxy) is 1. The predicted octanol–water partition coefficient (Wildman–Crippen LogP) is 1.21. The summed E-state index contributed by atoms with van der Waals surface area (Å²) in [5.74, 6) is 0.669. The van der Waals surface area contributed by atoms with Crippen LogP contribution in [0.4, 0.5) is 0 Å². The van der Waals surface area contributed by atoms with Crippen LogP contribution in [0.3, 0.4) is 0 Å². The number of carbonyl (C=O) groups is 1. The van der Waals surface area contributed by atoms with Crippen LogP contribution < -0.4 is 0 Å². The van der Waals surface area contributed by atoms with Gasteiger partial charge in [-0.3, -0.25) is 4.79 Å². The second-order valence-electron chi connectivity index (χ2n) is 2.79. The minimum Gasteiger partial charge on any atom is -0.466 e. The number of aromatic amines is 1. The monoisotopic (exact) mass is 182 g/mol. The van der Waals surface area contributed by atoms with Crippen LogP contribution in [0, 0.1) is 6.92 Å². The minimum absolute atomic E-state index is 0.170. The standard InChI is InChI=1S/C9H14N2O2/c1-3-13-9(12)5-4-8-10-6-7(2)11-8/h6H,3-5H2,1-2H3,(H,10,11). The van der Waals surface area contributed by atoms with Crippen LogP contribution in [0.5, 0.6) is 0 Å². The van der Waals surface area contributed by atoms with Crippen molar-refractivity contribution in [3.63, 3.8) is 0 Å². The highest BCUT2D eigenvalue weighted by molar-refractivity contribution is 5.69. The van der Waals surface area contributed by atoms with Gasteiger partial charge < -0.3 is 9.72 Å². The summed E-state index contributed by atoms with van der Waals surface area (Å²) in [6.45, 7) is 4.15. The van der Waals surface area contributed by atoms with Crippen LogP contribution in [0.15, 0.2) is 6.20 Å². The molecule has 4 nitrogen and oxygen atoms in total. The number of nitrogens with zero attached hydrogens (tertiary/aromatic N) is 1. The number of rotatable bonds is 4. The van der Waals surface area contributed by atoms with Crippen LogP contribution in [0.2, 0.25) is 0 Å². The summed E-state index contributed by atoms with van der Waals surface area (Å²) >= 11 is 0. The molecule has 0 bridgehead atoms. The Morgan fingerprint density at radius 3 is 3.00 bits per heavy atom. The van der Waals surface area contributed by atoms with Gasteiger partial charge in [-0.15, -0.1) is 0 Å². The summed E-state index contributed by atoms with van der Waals surface area (Å²) in [6, 6.07) is 0. The summed E-state index contributed by atoms with van der Waals surface area (Å²) in [7, 11) is 0. The molecule has 0 unspecified atom stereocenters. The van der Waals surface area contributed by atoms with Gasteiger partial charge in [-0.05, 0) is 13.8 Å². The first-order valence-electron chi connectivity index (χ1n) is 4.39. The zero-order chi connectivity index (χ0) is 9.68. The third-order valence-corrected chi connectivity index (χ3v) is 1.63. The van der Waals surface area contributed by atoms with Gasteiger partial charge in [0.1, 0.15) is 5.82 Å². The van der Waals surface area contributed by atoms with E-state index < -0.39 is 0 Å². The van der Waals surface area contributed by atoms with Crippen molar-refractivity contribution in [2.24, 2.45) is 0 Å². The molecule has 0 saturated carbocycles. The Hall–Kier alpha value is -1.32. The quantitative estimate of drug-likeness (QED) is 0.712. The molecule has 0 aliphatic rings. The van der Waals surface area contributed by atoms with E-state index in [1.807, 2.05) is 13.1 Å². The smallest absolute Gasteiger partial charge is 0.306 e. The average molecular weight is 182 g/mol. The van der Waals surface area contributed by atoms with E-state index >= 15 is 0 Å². The summed E-state index contributed by atoms with van der Waals surface area (Å²) in [5, 5.41) is 0. The number of imidazole rings is 1. The van der Waals surface area contributed by atoms with Gasteiger partial charge in [0.05, 0.1) is 18.7 Å². The molecule has 0 aliphatic heterocycles. The number of H-pyrrole nitrogens is 1. The van der Waals surface area contributed by atoms with Crippen molar-refractivity contribution in [1.29, 1.82) is 0 Å². The molecule has 1 heterocycles. The lowest BCUT2D eigenvalue weighted by atomic mass is 10.3. The highest BCUT2D eigenvalue weighted by Gasteiger charge is 2.04. The molecule has 4 heteroatoms. The molecule has 0 aliphatic carbocycles. The molecule has 13 heavy (non-hydrogen) atoms. The van der Waals surface area contributed by atoms with Crippen LogP contribution >= 0.6 is 0 Å². The molecule has 1 aromatic rings. The van der Waals surface area contributed by atoms with Crippen molar-refractivity contribution >= 4 is 5.97 Å². The summed E-state index contributed by atoms with van der Waals surface area (Å²) in [5.41, 5.74) is 0.943. The molecule has 0 aromatic carbocycles. The van der Waals surface area contributed by atoms with E-state index in [0.717, 1.165) is 11.5 Å². The highest BCUT2D eigenvalue weighted by atomic mass is 16.5. The number of hydrogen-bond donors (Lipinski definition) is 1. The van der Waals surface area contributed by atoms with Gasteiger partial charge in [0.15, 0.2) is 0 Å². The Morgan fingerprint density at radius 2 is 2.46 bits per heavy atom. The maximum absolute atomic E-state index is 11.0. The van der Waals surface area contributed by atoms with E-state index in [-0.39, 0.29) is 5.97 Å². The molecule has 0 amide bonds. The van der Waals surface area contributed by atoms with E-state index in [9.17, 15) is 4.79 Å². The largest absolute Gasteiger partial charge is 0.466 e. The van der Waals surface area contributed by atoms with Crippen molar-refractivity contribution in [3.8, 4) is 0 Å². The second-order valence-corrected chi connectivity index (χ2v) is 2.79. The van der Waals surface area contributed by atoms with Gasteiger partial charge in [-0.25, -0.2) is 4.98 Å². The molecule has 0 fully saturated rings. The van der Waals surface area contributed by atoms with Crippen LogP contribution in [-0.2, 0) is 16.0 Å². The molecule has 0 radical (unpaired) electrons. The van der Waals surface area contributed by atoms with E-state index in [1.165, 1.54) is 0 Å². The number of aryl methyl sites for hydroxylation is 2. The predicted molar refractivity (Wildman–Crippen MR) is 48.3 cm³/mol.